The monoisotopic (exact) mass is 248 g/mol. The molecule has 0 amide bonds. The first kappa shape index (κ1) is 18.7. The van der Waals surface area contributed by atoms with Crippen LogP contribution in [-0.2, 0) is 4.79 Å². The predicted molar refractivity (Wildman–Crippen MR) is 68.7 cm³/mol. The first-order chi connectivity index (χ1) is 7.99. The topological polar surface area (TPSA) is 77.8 Å². The number of hydrogen-bond acceptors (Lipinski definition) is 3. The minimum absolute atomic E-state index is 0.111. The number of aliphatic hydroxyl groups excluding tert-OH is 1. The lowest BCUT2D eigenvalue weighted by Gasteiger charge is -2.06. The molecule has 0 saturated carbocycles. The van der Waals surface area contributed by atoms with Gasteiger partial charge in [-0.05, 0) is 25.7 Å². The normalized spacial score (nSPS) is 11.9. The second-order valence-corrected chi connectivity index (χ2v) is 4.21. The van der Waals surface area contributed by atoms with Gasteiger partial charge in [-0.1, -0.05) is 40.0 Å². The number of carbonyl (C=O) groups is 1. The molecule has 0 bridgehead atoms. The summed E-state index contributed by atoms with van der Waals surface area (Å²) in [6.07, 6.45) is 5.05. The molecule has 0 aliphatic heterocycles. The van der Waals surface area contributed by atoms with Gasteiger partial charge in [-0.25, -0.2) is 0 Å². The molecule has 0 rings (SSSR count). The van der Waals surface area contributed by atoms with Crippen LogP contribution >= 0.6 is 0 Å². The van der Waals surface area contributed by atoms with Crippen LogP contribution in [0.25, 0.3) is 0 Å². The van der Waals surface area contributed by atoms with Gasteiger partial charge >= 0.3 is 5.97 Å². The van der Waals surface area contributed by atoms with E-state index in [2.05, 4.69) is 6.92 Å². The van der Waals surface area contributed by atoms with Crippen LogP contribution < -0.4 is 0 Å². The average molecular weight is 248 g/mol. The van der Waals surface area contributed by atoms with Crippen LogP contribution in [0.15, 0.2) is 0 Å². The molecule has 0 spiro atoms. The third kappa shape index (κ3) is 15.4. The summed E-state index contributed by atoms with van der Waals surface area (Å²) in [4.78, 5) is 10.4. The number of unbranched alkanes of at least 4 members (excludes halogenated alkanes) is 2. The van der Waals surface area contributed by atoms with Crippen LogP contribution in [0.5, 0.6) is 0 Å². The molecule has 3 N–H and O–H groups in total. The van der Waals surface area contributed by atoms with Crippen molar-refractivity contribution in [1.29, 1.82) is 0 Å². The smallest absolute Gasteiger partial charge is 0.306 e. The van der Waals surface area contributed by atoms with Gasteiger partial charge in [0.1, 0.15) is 0 Å². The van der Waals surface area contributed by atoms with Gasteiger partial charge in [0.2, 0.25) is 0 Å². The molecule has 1 atom stereocenters. The summed E-state index contributed by atoms with van der Waals surface area (Å²) in [6, 6.07) is 0. The van der Waals surface area contributed by atoms with E-state index < -0.39 is 12.3 Å². The Labute approximate surface area is 105 Å². The fourth-order valence-corrected chi connectivity index (χ4v) is 1.34. The second kappa shape index (κ2) is 13.5. The van der Waals surface area contributed by atoms with Gasteiger partial charge in [-0.15, -0.1) is 0 Å². The highest BCUT2D eigenvalue weighted by Crippen LogP contribution is 2.11. The Hall–Kier alpha value is -0.610. The van der Waals surface area contributed by atoms with Gasteiger partial charge in [-0.2, -0.15) is 0 Å². The first-order valence-corrected chi connectivity index (χ1v) is 6.58. The van der Waals surface area contributed by atoms with Crippen molar-refractivity contribution in [3.8, 4) is 0 Å². The number of aliphatic hydroxyl groups is 2. The lowest BCUT2D eigenvalue weighted by atomic mass is 10.00. The van der Waals surface area contributed by atoms with Crippen molar-refractivity contribution in [3.05, 3.63) is 0 Å². The van der Waals surface area contributed by atoms with Gasteiger partial charge in [0.05, 0.1) is 5.92 Å². The largest absolute Gasteiger partial charge is 0.481 e. The molecule has 4 heteroatoms. The standard InChI is InChI=1S/C8H16O2.C5H12O2/c1-3-5-6-7(4-2)8(9)10;1-2-3-4-5(6)7/h7H,3-6H2,1-2H3,(H,9,10);5-7H,2-4H2,1H3. The lowest BCUT2D eigenvalue weighted by molar-refractivity contribution is -0.142. The Kier molecular flexibility index (Phi) is 14.8. The van der Waals surface area contributed by atoms with Gasteiger partial charge < -0.3 is 15.3 Å². The fourth-order valence-electron chi connectivity index (χ4n) is 1.34. The van der Waals surface area contributed by atoms with E-state index in [0.717, 1.165) is 38.5 Å². The maximum absolute atomic E-state index is 10.4. The highest BCUT2D eigenvalue weighted by molar-refractivity contribution is 5.69. The molecule has 17 heavy (non-hydrogen) atoms. The number of carboxylic acid groups (broad SMARTS) is 1. The van der Waals surface area contributed by atoms with Crippen LogP contribution in [0.1, 0.15) is 65.7 Å². The second-order valence-electron chi connectivity index (χ2n) is 4.21. The van der Waals surface area contributed by atoms with Crippen molar-refractivity contribution in [3.63, 3.8) is 0 Å². The molecule has 0 saturated heterocycles. The number of carboxylic acids is 1. The summed E-state index contributed by atoms with van der Waals surface area (Å²) in [6.45, 7) is 6.02. The van der Waals surface area contributed by atoms with Gasteiger partial charge in [0.15, 0.2) is 6.29 Å². The Bertz CT molecular complexity index is 169. The molecule has 0 aromatic rings. The fraction of sp³-hybridized carbons (Fsp3) is 0.923. The summed E-state index contributed by atoms with van der Waals surface area (Å²) in [5.74, 6) is -0.754. The van der Waals surface area contributed by atoms with Crippen molar-refractivity contribution >= 4 is 5.97 Å². The predicted octanol–water partition coefficient (Wildman–Crippen LogP) is 2.77. The first-order valence-electron chi connectivity index (χ1n) is 6.58. The van der Waals surface area contributed by atoms with E-state index in [1.54, 1.807) is 0 Å². The van der Waals surface area contributed by atoms with Crippen molar-refractivity contribution in [2.75, 3.05) is 0 Å². The zero-order valence-electron chi connectivity index (χ0n) is 11.4. The summed E-state index contributed by atoms with van der Waals surface area (Å²) in [5.41, 5.74) is 0. The van der Waals surface area contributed by atoms with E-state index in [4.69, 9.17) is 15.3 Å². The minimum Gasteiger partial charge on any atom is -0.481 e. The van der Waals surface area contributed by atoms with E-state index in [1.807, 2.05) is 13.8 Å². The molecule has 4 nitrogen and oxygen atoms in total. The van der Waals surface area contributed by atoms with Gasteiger partial charge in [-0.3, -0.25) is 4.79 Å². The molecule has 0 aliphatic carbocycles. The summed E-state index contributed by atoms with van der Waals surface area (Å²) < 4.78 is 0. The Morgan fingerprint density at radius 2 is 1.47 bits per heavy atom. The van der Waals surface area contributed by atoms with Crippen LogP contribution in [0.2, 0.25) is 0 Å². The molecular weight excluding hydrogens is 220 g/mol. The lowest BCUT2D eigenvalue weighted by Crippen LogP contribution is -2.11. The van der Waals surface area contributed by atoms with E-state index in [0.29, 0.717) is 6.42 Å². The zero-order valence-corrected chi connectivity index (χ0v) is 11.4. The number of aliphatic carboxylic acids is 1. The van der Waals surface area contributed by atoms with Crippen molar-refractivity contribution in [2.24, 2.45) is 5.92 Å². The Morgan fingerprint density at radius 1 is 1.00 bits per heavy atom. The third-order valence-corrected chi connectivity index (χ3v) is 2.56. The molecule has 0 aliphatic rings. The Balaban J connectivity index is 0. The number of rotatable bonds is 8. The van der Waals surface area contributed by atoms with Crippen molar-refractivity contribution in [1.82, 2.24) is 0 Å². The average Bonchev–Trinajstić information content (AvgIpc) is 2.27. The highest BCUT2D eigenvalue weighted by atomic mass is 16.5. The molecule has 0 fully saturated rings. The minimum atomic E-state index is -1.10. The zero-order chi connectivity index (χ0) is 13.7. The molecular formula is C13H28O4. The van der Waals surface area contributed by atoms with Crippen LogP contribution in [0.3, 0.4) is 0 Å². The van der Waals surface area contributed by atoms with E-state index >= 15 is 0 Å². The molecule has 0 radical (unpaired) electrons. The summed E-state index contributed by atoms with van der Waals surface area (Å²) in [5, 5.41) is 25.1. The molecule has 0 aromatic heterocycles. The maximum Gasteiger partial charge on any atom is 0.306 e. The van der Waals surface area contributed by atoms with E-state index in [-0.39, 0.29) is 5.92 Å². The molecule has 104 valence electrons. The summed E-state index contributed by atoms with van der Waals surface area (Å²) in [7, 11) is 0. The molecule has 1 unspecified atom stereocenters. The molecule has 0 aromatic carbocycles. The Morgan fingerprint density at radius 3 is 1.71 bits per heavy atom. The van der Waals surface area contributed by atoms with Crippen LogP contribution in [0.4, 0.5) is 0 Å². The SMILES string of the molecule is CCCCC(CC)C(=O)O.CCCCC(O)O. The third-order valence-electron chi connectivity index (χ3n) is 2.56. The molecule has 0 heterocycles. The van der Waals surface area contributed by atoms with Gasteiger partial charge in [0, 0.05) is 0 Å². The quantitative estimate of drug-likeness (QED) is 0.577. The van der Waals surface area contributed by atoms with Crippen molar-refractivity contribution < 1.29 is 20.1 Å². The van der Waals surface area contributed by atoms with Crippen molar-refractivity contribution in [2.45, 2.75) is 72.0 Å². The van der Waals surface area contributed by atoms with Crippen LogP contribution in [-0.4, -0.2) is 27.6 Å². The van der Waals surface area contributed by atoms with E-state index in [1.165, 1.54) is 0 Å². The van der Waals surface area contributed by atoms with E-state index in [9.17, 15) is 4.79 Å². The summed E-state index contributed by atoms with van der Waals surface area (Å²) >= 11 is 0. The van der Waals surface area contributed by atoms with Gasteiger partial charge in [0.25, 0.3) is 0 Å². The van der Waals surface area contributed by atoms with Crippen LogP contribution in [0, 0.1) is 5.92 Å². The number of hydrogen-bond donors (Lipinski definition) is 3. The maximum atomic E-state index is 10.4. The highest BCUT2D eigenvalue weighted by Gasteiger charge is 2.12.